The lowest BCUT2D eigenvalue weighted by atomic mass is 9.94. The molecule has 20 heavy (non-hydrogen) atoms. The molecule has 1 saturated heterocycles. The summed E-state index contributed by atoms with van der Waals surface area (Å²) in [7, 11) is 1.84. The van der Waals surface area contributed by atoms with E-state index < -0.39 is 0 Å². The van der Waals surface area contributed by atoms with Gasteiger partial charge < -0.3 is 15.0 Å². The summed E-state index contributed by atoms with van der Waals surface area (Å²) in [6.45, 7) is 6.71. The summed E-state index contributed by atoms with van der Waals surface area (Å²) in [5.74, 6) is 0.663. The van der Waals surface area contributed by atoms with Crippen LogP contribution in [0.4, 0.5) is 11.4 Å². The summed E-state index contributed by atoms with van der Waals surface area (Å²) in [6, 6.07) is 7.48. The highest BCUT2D eigenvalue weighted by molar-refractivity contribution is 5.62. The van der Waals surface area contributed by atoms with Crippen molar-refractivity contribution in [3.8, 4) is 0 Å². The Morgan fingerprint density at radius 1 is 1.25 bits per heavy atom. The molecule has 3 unspecified atom stereocenters. The SMILES string of the molecule is COC1CN(c2ccc3c(c2)CCC(C)N3)CCC1C. The molecule has 3 heteroatoms. The number of piperidine rings is 1. The first kappa shape index (κ1) is 13.7. The summed E-state index contributed by atoms with van der Waals surface area (Å²) in [5, 5.41) is 3.57. The highest BCUT2D eigenvalue weighted by atomic mass is 16.5. The summed E-state index contributed by atoms with van der Waals surface area (Å²) >= 11 is 0. The highest BCUT2D eigenvalue weighted by Gasteiger charge is 2.26. The largest absolute Gasteiger partial charge is 0.382 e. The van der Waals surface area contributed by atoms with Crippen LogP contribution >= 0.6 is 0 Å². The molecule has 0 radical (unpaired) electrons. The summed E-state index contributed by atoms with van der Waals surface area (Å²) in [5.41, 5.74) is 4.14. The van der Waals surface area contributed by atoms with Crippen molar-refractivity contribution in [3.63, 3.8) is 0 Å². The molecule has 110 valence electrons. The molecule has 2 heterocycles. The van der Waals surface area contributed by atoms with Crippen molar-refractivity contribution < 1.29 is 4.74 Å². The zero-order valence-electron chi connectivity index (χ0n) is 12.9. The summed E-state index contributed by atoms with van der Waals surface area (Å²) in [4.78, 5) is 2.48. The Balaban J connectivity index is 1.78. The molecule has 0 spiro atoms. The lowest BCUT2D eigenvalue weighted by Gasteiger charge is -2.38. The fraction of sp³-hybridized carbons (Fsp3) is 0.647. The fourth-order valence-corrected chi connectivity index (χ4v) is 3.41. The quantitative estimate of drug-likeness (QED) is 0.895. The summed E-state index contributed by atoms with van der Waals surface area (Å²) in [6.07, 6.45) is 3.99. The van der Waals surface area contributed by atoms with Gasteiger partial charge in [0.25, 0.3) is 0 Å². The smallest absolute Gasteiger partial charge is 0.0772 e. The van der Waals surface area contributed by atoms with Crippen molar-refractivity contribution in [1.82, 2.24) is 0 Å². The molecule has 1 N–H and O–H groups in total. The van der Waals surface area contributed by atoms with Crippen LogP contribution in [0.1, 0.15) is 32.3 Å². The van der Waals surface area contributed by atoms with Crippen molar-refractivity contribution in [2.75, 3.05) is 30.4 Å². The monoisotopic (exact) mass is 274 g/mol. The Morgan fingerprint density at radius 2 is 2.10 bits per heavy atom. The van der Waals surface area contributed by atoms with E-state index >= 15 is 0 Å². The van der Waals surface area contributed by atoms with Crippen LogP contribution in [-0.2, 0) is 11.2 Å². The third-order valence-electron chi connectivity index (χ3n) is 4.89. The number of hydrogen-bond acceptors (Lipinski definition) is 3. The van der Waals surface area contributed by atoms with Gasteiger partial charge in [-0.3, -0.25) is 0 Å². The van der Waals surface area contributed by atoms with Crippen molar-refractivity contribution in [2.45, 2.75) is 45.3 Å². The van der Waals surface area contributed by atoms with Crippen molar-refractivity contribution in [2.24, 2.45) is 5.92 Å². The number of nitrogens with zero attached hydrogens (tertiary/aromatic N) is 1. The predicted octanol–water partition coefficient (Wildman–Crippen LogP) is 3.29. The molecule has 2 aliphatic rings. The highest BCUT2D eigenvalue weighted by Crippen LogP contribution is 2.31. The average Bonchev–Trinajstić information content (AvgIpc) is 2.47. The molecule has 0 amide bonds. The molecule has 3 nitrogen and oxygen atoms in total. The van der Waals surface area contributed by atoms with Gasteiger partial charge in [0.1, 0.15) is 0 Å². The van der Waals surface area contributed by atoms with E-state index in [9.17, 15) is 0 Å². The van der Waals surface area contributed by atoms with Crippen LogP contribution in [0.3, 0.4) is 0 Å². The van der Waals surface area contributed by atoms with Gasteiger partial charge in [-0.25, -0.2) is 0 Å². The van der Waals surface area contributed by atoms with E-state index in [1.54, 1.807) is 0 Å². The van der Waals surface area contributed by atoms with Crippen LogP contribution in [-0.4, -0.2) is 32.3 Å². The molecule has 3 rings (SSSR count). The number of rotatable bonds is 2. The number of hydrogen-bond donors (Lipinski definition) is 1. The molecule has 1 aromatic carbocycles. The topological polar surface area (TPSA) is 24.5 Å². The Morgan fingerprint density at radius 3 is 2.90 bits per heavy atom. The number of methoxy groups -OCH3 is 1. The van der Waals surface area contributed by atoms with E-state index in [4.69, 9.17) is 4.74 Å². The third-order valence-corrected chi connectivity index (χ3v) is 4.89. The summed E-state index contributed by atoms with van der Waals surface area (Å²) < 4.78 is 5.63. The average molecular weight is 274 g/mol. The Hall–Kier alpha value is -1.22. The van der Waals surface area contributed by atoms with Gasteiger partial charge in [-0.15, -0.1) is 0 Å². The molecular formula is C17H26N2O. The van der Waals surface area contributed by atoms with Gasteiger partial charge in [0, 0.05) is 37.6 Å². The minimum atomic E-state index is 0.359. The number of aryl methyl sites for hydroxylation is 1. The Bertz CT molecular complexity index is 474. The maximum Gasteiger partial charge on any atom is 0.0772 e. The van der Waals surface area contributed by atoms with Gasteiger partial charge in [-0.2, -0.15) is 0 Å². The lowest BCUT2D eigenvalue weighted by Crippen LogP contribution is -2.44. The zero-order chi connectivity index (χ0) is 14.1. The second-order valence-corrected chi connectivity index (χ2v) is 6.41. The molecule has 1 fully saturated rings. The maximum atomic E-state index is 5.63. The second kappa shape index (κ2) is 5.65. The molecule has 0 aliphatic carbocycles. The Labute approximate surface area is 122 Å². The van der Waals surface area contributed by atoms with Crippen LogP contribution < -0.4 is 10.2 Å². The molecular weight excluding hydrogens is 248 g/mol. The number of anilines is 2. The van der Waals surface area contributed by atoms with E-state index in [0.717, 1.165) is 13.1 Å². The standard InChI is InChI=1S/C17H26N2O/c1-12-8-9-19(11-17(12)20-3)15-6-7-16-14(10-15)5-4-13(2)18-16/h6-7,10,12-13,17-18H,4-5,8-9,11H2,1-3H3. The third kappa shape index (κ3) is 2.64. The van der Waals surface area contributed by atoms with E-state index in [1.165, 1.54) is 36.2 Å². The number of ether oxygens (including phenoxy) is 1. The molecule has 0 saturated carbocycles. The van der Waals surface area contributed by atoms with Crippen molar-refractivity contribution in [3.05, 3.63) is 23.8 Å². The van der Waals surface area contributed by atoms with Crippen LogP contribution in [0.5, 0.6) is 0 Å². The first-order chi connectivity index (χ1) is 9.67. The number of nitrogens with one attached hydrogen (secondary N) is 1. The maximum absolute atomic E-state index is 5.63. The van der Waals surface area contributed by atoms with Gasteiger partial charge in [-0.05, 0) is 55.9 Å². The molecule has 3 atom stereocenters. The Kier molecular flexibility index (Phi) is 3.88. The van der Waals surface area contributed by atoms with Crippen molar-refractivity contribution in [1.29, 1.82) is 0 Å². The fourth-order valence-electron chi connectivity index (χ4n) is 3.41. The van der Waals surface area contributed by atoms with E-state index in [-0.39, 0.29) is 0 Å². The van der Waals surface area contributed by atoms with Gasteiger partial charge >= 0.3 is 0 Å². The minimum Gasteiger partial charge on any atom is -0.382 e. The van der Waals surface area contributed by atoms with E-state index in [0.29, 0.717) is 18.1 Å². The number of fused-ring (bicyclic) bond motifs is 1. The first-order valence-corrected chi connectivity index (χ1v) is 7.84. The van der Waals surface area contributed by atoms with Crippen molar-refractivity contribution >= 4 is 11.4 Å². The molecule has 0 aromatic heterocycles. The molecule has 1 aromatic rings. The van der Waals surface area contributed by atoms with Crippen LogP contribution in [0.2, 0.25) is 0 Å². The van der Waals surface area contributed by atoms with Crippen LogP contribution in [0.25, 0.3) is 0 Å². The minimum absolute atomic E-state index is 0.359. The van der Waals surface area contributed by atoms with Gasteiger partial charge in [0.05, 0.1) is 6.10 Å². The van der Waals surface area contributed by atoms with Crippen LogP contribution in [0, 0.1) is 5.92 Å². The molecule has 2 aliphatic heterocycles. The first-order valence-electron chi connectivity index (χ1n) is 7.84. The zero-order valence-corrected chi connectivity index (χ0v) is 12.9. The van der Waals surface area contributed by atoms with Gasteiger partial charge in [0.2, 0.25) is 0 Å². The lowest BCUT2D eigenvalue weighted by molar-refractivity contribution is 0.0498. The normalized spacial score (nSPS) is 29.8. The molecule has 0 bridgehead atoms. The van der Waals surface area contributed by atoms with Gasteiger partial charge in [0.15, 0.2) is 0 Å². The van der Waals surface area contributed by atoms with E-state index in [1.807, 2.05) is 7.11 Å². The van der Waals surface area contributed by atoms with Gasteiger partial charge in [-0.1, -0.05) is 6.92 Å². The predicted molar refractivity (Wildman–Crippen MR) is 84.6 cm³/mol. The second-order valence-electron chi connectivity index (χ2n) is 6.41. The van der Waals surface area contributed by atoms with E-state index in [2.05, 4.69) is 42.3 Å². The number of benzene rings is 1. The van der Waals surface area contributed by atoms with Crippen LogP contribution in [0.15, 0.2) is 18.2 Å².